The molecule has 0 saturated carbocycles. The van der Waals surface area contributed by atoms with Crippen LogP contribution in [0.25, 0.3) is 107 Å². The molecule has 0 spiro atoms. The average Bonchev–Trinajstić information content (AvgIpc) is 3.43. The molecule has 386 valence electrons. The number of hydrogen-bond donors (Lipinski definition) is 0. The van der Waals surface area contributed by atoms with E-state index >= 15 is 0 Å². The standard InChI is InChI=1S/C78H52N2S2/c1-7-23-53(24-8-1)75-69-49-47-63(51-71(69)81-77(75)57-27-11-3-12-28-57)79(59-31-15-5-16-32-59)61-43-39-55(40-44-61)73-65-35-19-21-37-67(65)74(68-38-22-20-36-66(68)73)56-41-45-62(46-42-56)80(60-33-17-6-18-34-60)64-48-50-70-72(52-64)82-78(58-29-13-4-14-30-58)76(70)54-25-9-2-10-26-54/h1-52H. The quantitative estimate of drug-likeness (QED) is 0.113. The molecule has 0 unspecified atom stereocenters. The maximum atomic E-state index is 2.39. The summed E-state index contributed by atoms with van der Waals surface area (Å²) < 4.78 is 2.50. The molecule has 0 bridgehead atoms. The predicted molar refractivity (Wildman–Crippen MR) is 354 cm³/mol. The molecule has 15 aromatic rings. The summed E-state index contributed by atoms with van der Waals surface area (Å²) in [5.74, 6) is 0. The van der Waals surface area contributed by atoms with Gasteiger partial charge in [-0.3, -0.25) is 0 Å². The van der Waals surface area contributed by atoms with Crippen molar-refractivity contribution < 1.29 is 0 Å². The monoisotopic (exact) mass is 1080 g/mol. The number of nitrogens with zero attached hydrogens (tertiary/aromatic N) is 2. The van der Waals surface area contributed by atoms with Crippen molar-refractivity contribution in [1.29, 1.82) is 0 Å². The van der Waals surface area contributed by atoms with E-state index in [9.17, 15) is 0 Å². The van der Waals surface area contributed by atoms with Crippen LogP contribution in [0.4, 0.5) is 34.1 Å². The normalized spacial score (nSPS) is 11.4. The lowest BCUT2D eigenvalue weighted by Gasteiger charge is -2.26. The van der Waals surface area contributed by atoms with Gasteiger partial charge in [-0.2, -0.15) is 0 Å². The van der Waals surface area contributed by atoms with Crippen molar-refractivity contribution in [2.45, 2.75) is 0 Å². The van der Waals surface area contributed by atoms with E-state index < -0.39 is 0 Å². The van der Waals surface area contributed by atoms with E-state index in [1.54, 1.807) is 0 Å². The molecule has 2 aromatic heterocycles. The van der Waals surface area contributed by atoms with Gasteiger partial charge in [-0.05, 0) is 139 Å². The Morgan fingerprint density at radius 2 is 0.439 bits per heavy atom. The summed E-state index contributed by atoms with van der Waals surface area (Å²) in [6.07, 6.45) is 0. The molecule has 0 aliphatic rings. The van der Waals surface area contributed by atoms with Crippen LogP contribution in [0, 0.1) is 0 Å². The second kappa shape index (κ2) is 21.2. The molecule has 0 atom stereocenters. The minimum absolute atomic E-state index is 1.09. The van der Waals surface area contributed by atoms with Gasteiger partial charge in [0.15, 0.2) is 0 Å². The smallest absolute Gasteiger partial charge is 0.0476 e. The van der Waals surface area contributed by atoms with Crippen LogP contribution in [-0.2, 0) is 0 Å². The van der Waals surface area contributed by atoms with Gasteiger partial charge in [0.05, 0.1) is 0 Å². The van der Waals surface area contributed by atoms with Gasteiger partial charge in [0, 0.05) is 75.2 Å². The Balaban J connectivity index is 0.809. The third-order valence-electron chi connectivity index (χ3n) is 15.8. The minimum Gasteiger partial charge on any atom is -0.310 e. The number of fused-ring (bicyclic) bond motifs is 4. The lowest BCUT2D eigenvalue weighted by atomic mass is 9.86. The maximum absolute atomic E-state index is 2.39. The third-order valence-corrected chi connectivity index (χ3v) is 18.3. The summed E-state index contributed by atoms with van der Waals surface area (Å²) >= 11 is 3.73. The molecule has 2 heterocycles. The van der Waals surface area contributed by atoms with Crippen molar-refractivity contribution >= 4 is 98.5 Å². The van der Waals surface area contributed by atoms with Gasteiger partial charge in [0.1, 0.15) is 0 Å². The first-order valence-electron chi connectivity index (χ1n) is 27.9. The molecular weight excluding hydrogens is 1030 g/mol. The molecule has 13 aromatic carbocycles. The van der Waals surface area contributed by atoms with Gasteiger partial charge in [0.2, 0.25) is 0 Å². The van der Waals surface area contributed by atoms with Crippen molar-refractivity contribution in [3.05, 3.63) is 315 Å². The van der Waals surface area contributed by atoms with Crippen LogP contribution in [0.2, 0.25) is 0 Å². The van der Waals surface area contributed by atoms with Crippen LogP contribution in [0.15, 0.2) is 315 Å². The third kappa shape index (κ3) is 8.83. The van der Waals surface area contributed by atoms with Gasteiger partial charge in [0.25, 0.3) is 0 Å². The molecule has 0 radical (unpaired) electrons. The van der Waals surface area contributed by atoms with Crippen LogP contribution >= 0.6 is 22.7 Å². The highest BCUT2D eigenvalue weighted by Gasteiger charge is 2.23. The Bertz CT molecular complexity index is 4390. The number of hydrogen-bond acceptors (Lipinski definition) is 4. The van der Waals surface area contributed by atoms with Gasteiger partial charge >= 0.3 is 0 Å². The Morgan fingerprint density at radius 3 is 0.768 bits per heavy atom. The van der Waals surface area contributed by atoms with Crippen molar-refractivity contribution in [3.63, 3.8) is 0 Å². The first kappa shape index (κ1) is 49.0. The van der Waals surface area contributed by atoms with E-state index in [0.29, 0.717) is 0 Å². The highest BCUT2D eigenvalue weighted by Crippen LogP contribution is 2.51. The Labute approximate surface area is 486 Å². The number of anilines is 6. The van der Waals surface area contributed by atoms with Crippen molar-refractivity contribution in [2.75, 3.05) is 9.80 Å². The highest BCUT2D eigenvalue weighted by atomic mass is 32.1. The molecule has 82 heavy (non-hydrogen) atoms. The fraction of sp³-hybridized carbons (Fsp3) is 0. The predicted octanol–water partition coefficient (Wildman–Crippen LogP) is 23.4. The molecule has 0 saturated heterocycles. The van der Waals surface area contributed by atoms with Gasteiger partial charge in [-0.25, -0.2) is 0 Å². The second-order valence-electron chi connectivity index (χ2n) is 20.7. The SMILES string of the molecule is c1ccc(-c2sc3cc(N(c4ccccc4)c4ccc(-c5c6ccccc6c(-c6ccc(N(c7ccccc7)c7ccc8c(-c9ccccc9)c(-c9ccccc9)sc8c7)cc6)c6ccccc56)cc4)ccc3c2-c2ccccc2)cc1. The fourth-order valence-electron chi connectivity index (χ4n) is 12.2. The van der Waals surface area contributed by atoms with Crippen molar-refractivity contribution in [2.24, 2.45) is 0 Å². The number of thiophene rings is 2. The first-order valence-corrected chi connectivity index (χ1v) is 29.5. The van der Waals surface area contributed by atoms with Gasteiger partial charge in [-0.1, -0.05) is 243 Å². The zero-order chi connectivity index (χ0) is 54.3. The van der Waals surface area contributed by atoms with E-state index in [2.05, 4.69) is 325 Å². The maximum Gasteiger partial charge on any atom is 0.0476 e. The van der Waals surface area contributed by atoms with Crippen LogP contribution in [0.3, 0.4) is 0 Å². The van der Waals surface area contributed by atoms with Crippen LogP contribution in [0.5, 0.6) is 0 Å². The van der Waals surface area contributed by atoms with Crippen molar-refractivity contribution in [3.8, 4) is 65.4 Å². The summed E-state index contributed by atoms with van der Waals surface area (Å²) in [5, 5.41) is 7.41. The largest absolute Gasteiger partial charge is 0.310 e. The molecule has 0 N–H and O–H groups in total. The van der Waals surface area contributed by atoms with E-state index in [0.717, 1.165) is 34.1 Å². The lowest BCUT2D eigenvalue weighted by molar-refractivity contribution is 1.29. The summed E-state index contributed by atoms with van der Waals surface area (Å²) in [7, 11) is 0. The molecule has 0 amide bonds. The highest BCUT2D eigenvalue weighted by molar-refractivity contribution is 7.23. The topological polar surface area (TPSA) is 6.48 Å². The second-order valence-corrected chi connectivity index (χ2v) is 22.8. The molecule has 0 fully saturated rings. The summed E-state index contributed by atoms with van der Waals surface area (Å²) in [4.78, 5) is 7.34. The lowest BCUT2D eigenvalue weighted by Crippen LogP contribution is -2.09. The molecule has 4 heteroatoms. The molecule has 15 rings (SSSR count). The van der Waals surface area contributed by atoms with E-state index in [-0.39, 0.29) is 0 Å². The van der Waals surface area contributed by atoms with Crippen molar-refractivity contribution in [1.82, 2.24) is 0 Å². The number of rotatable bonds is 12. The van der Waals surface area contributed by atoms with E-state index in [1.807, 2.05) is 22.7 Å². The Hall–Kier alpha value is -10.1. The number of para-hydroxylation sites is 2. The fourth-order valence-corrected chi connectivity index (χ4v) is 14.7. The summed E-state index contributed by atoms with van der Waals surface area (Å²) in [6, 6.07) is 115. The van der Waals surface area contributed by atoms with Crippen LogP contribution in [0.1, 0.15) is 0 Å². The van der Waals surface area contributed by atoms with Gasteiger partial charge < -0.3 is 9.80 Å². The van der Waals surface area contributed by atoms with Crippen LogP contribution < -0.4 is 9.80 Å². The zero-order valence-electron chi connectivity index (χ0n) is 44.7. The van der Waals surface area contributed by atoms with Gasteiger partial charge in [-0.15, -0.1) is 22.7 Å². The summed E-state index contributed by atoms with van der Waals surface area (Å²) in [5.41, 5.74) is 18.9. The molecular formula is C78H52N2S2. The zero-order valence-corrected chi connectivity index (χ0v) is 46.4. The average molecular weight is 1080 g/mol. The molecule has 0 aliphatic heterocycles. The molecule has 2 nitrogen and oxygen atoms in total. The van der Waals surface area contributed by atoms with E-state index in [1.165, 1.54) is 107 Å². The first-order chi connectivity index (χ1) is 40.7. The Kier molecular flexibility index (Phi) is 12.6. The van der Waals surface area contributed by atoms with Crippen LogP contribution in [-0.4, -0.2) is 0 Å². The molecule has 0 aliphatic carbocycles. The Morgan fingerprint density at radius 1 is 0.183 bits per heavy atom. The minimum atomic E-state index is 1.09. The van der Waals surface area contributed by atoms with E-state index in [4.69, 9.17) is 0 Å². The summed E-state index contributed by atoms with van der Waals surface area (Å²) in [6.45, 7) is 0. The number of benzene rings is 13.